The first kappa shape index (κ1) is 20.7. The van der Waals surface area contributed by atoms with Crippen LogP contribution in [0.25, 0.3) is 0 Å². The number of carbonyl (C=O) groups excluding carboxylic acids is 1. The molecule has 0 fully saturated rings. The van der Waals surface area contributed by atoms with E-state index in [1.807, 2.05) is 24.3 Å². The molecule has 0 spiro atoms. The van der Waals surface area contributed by atoms with Crippen molar-refractivity contribution in [2.45, 2.75) is 11.3 Å². The third-order valence-corrected chi connectivity index (χ3v) is 6.19. The quantitative estimate of drug-likeness (QED) is 0.610. The summed E-state index contributed by atoms with van der Waals surface area (Å²) in [6.07, 6.45) is 1.91. The van der Waals surface area contributed by atoms with Crippen LogP contribution in [-0.2, 0) is 21.2 Å². The van der Waals surface area contributed by atoms with Crippen molar-refractivity contribution >= 4 is 33.1 Å². The van der Waals surface area contributed by atoms with E-state index in [9.17, 15) is 22.0 Å². The minimum absolute atomic E-state index is 0.000533. The second kappa shape index (κ2) is 8.31. The Labute approximate surface area is 177 Å². The lowest BCUT2D eigenvalue weighted by atomic mass is 10.2. The zero-order chi connectivity index (χ0) is 22.0. The van der Waals surface area contributed by atoms with Crippen LogP contribution in [0.3, 0.4) is 0 Å². The van der Waals surface area contributed by atoms with Gasteiger partial charge < -0.3 is 10.2 Å². The molecule has 2 aromatic carbocycles. The Bertz CT molecular complexity index is 1230. The highest BCUT2D eigenvalue weighted by Gasteiger charge is 2.24. The molecule has 4 rings (SSSR count). The van der Waals surface area contributed by atoms with Gasteiger partial charge >= 0.3 is 0 Å². The molecule has 1 aliphatic rings. The number of hydrogen-bond donors (Lipinski definition) is 2. The first-order valence-electron chi connectivity index (χ1n) is 9.39. The van der Waals surface area contributed by atoms with Crippen molar-refractivity contribution in [2.75, 3.05) is 28.0 Å². The minimum Gasteiger partial charge on any atom is -0.361 e. The molecule has 2 heterocycles. The fourth-order valence-corrected chi connectivity index (χ4v) is 4.27. The Morgan fingerprint density at radius 3 is 2.61 bits per heavy atom. The average molecular weight is 444 g/mol. The lowest BCUT2D eigenvalue weighted by Gasteiger charge is -2.17. The number of nitrogens with zero attached hydrogens (tertiary/aromatic N) is 2. The minimum atomic E-state index is -4.04. The molecule has 0 unspecified atom stereocenters. The van der Waals surface area contributed by atoms with E-state index in [0.29, 0.717) is 12.4 Å². The van der Waals surface area contributed by atoms with Crippen LogP contribution in [0.5, 0.6) is 0 Å². The topological polar surface area (TPSA) is 91.4 Å². The summed E-state index contributed by atoms with van der Waals surface area (Å²) in [6, 6.07) is 13.1. The molecule has 0 saturated heterocycles. The average Bonchev–Trinajstić information content (AvgIpc) is 3.19. The van der Waals surface area contributed by atoms with Crippen LogP contribution in [0.4, 0.5) is 26.0 Å². The van der Waals surface area contributed by atoms with Gasteiger partial charge in [-0.25, -0.2) is 22.2 Å². The summed E-state index contributed by atoms with van der Waals surface area (Å²) in [7, 11) is -4.04. The summed E-state index contributed by atoms with van der Waals surface area (Å²) in [5.74, 6) is -2.04. The molecule has 0 radical (unpaired) electrons. The van der Waals surface area contributed by atoms with Gasteiger partial charge in [-0.1, -0.05) is 18.2 Å². The molecule has 160 valence electrons. The van der Waals surface area contributed by atoms with E-state index in [1.54, 1.807) is 4.90 Å². The van der Waals surface area contributed by atoms with Crippen molar-refractivity contribution in [2.24, 2.45) is 0 Å². The number of pyridine rings is 1. The van der Waals surface area contributed by atoms with Crippen molar-refractivity contribution < 1.29 is 22.0 Å². The highest BCUT2D eigenvalue weighted by atomic mass is 32.2. The fraction of sp³-hybridized carbons (Fsp3) is 0.143. The normalized spacial score (nSPS) is 13.0. The van der Waals surface area contributed by atoms with Gasteiger partial charge in [-0.15, -0.1) is 0 Å². The molecular formula is C21H18F2N4O3S. The second-order valence-corrected chi connectivity index (χ2v) is 8.57. The van der Waals surface area contributed by atoms with Crippen LogP contribution < -0.4 is 14.9 Å². The molecule has 2 N–H and O–H groups in total. The number of halogens is 2. The van der Waals surface area contributed by atoms with Gasteiger partial charge in [0.2, 0.25) is 5.91 Å². The fourth-order valence-electron chi connectivity index (χ4n) is 3.28. The first-order valence-corrected chi connectivity index (χ1v) is 10.9. The molecule has 7 nitrogen and oxygen atoms in total. The van der Waals surface area contributed by atoms with Gasteiger partial charge in [-0.05, 0) is 42.3 Å². The number of amides is 1. The van der Waals surface area contributed by atoms with Crippen molar-refractivity contribution in [3.8, 4) is 0 Å². The Morgan fingerprint density at radius 1 is 1.06 bits per heavy atom. The van der Waals surface area contributed by atoms with E-state index in [4.69, 9.17) is 0 Å². The number of hydrogen-bond acceptors (Lipinski definition) is 5. The molecule has 3 aromatic rings. The number of aromatic nitrogens is 1. The molecule has 1 aromatic heterocycles. The number of fused-ring (bicyclic) bond motifs is 1. The number of benzene rings is 2. The maximum atomic E-state index is 13.3. The van der Waals surface area contributed by atoms with Crippen LogP contribution in [0.1, 0.15) is 5.56 Å². The van der Waals surface area contributed by atoms with Crippen molar-refractivity contribution in [1.29, 1.82) is 0 Å². The third kappa shape index (κ3) is 4.48. The van der Waals surface area contributed by atoms with Gasteiger partial charge in [-0.2, -0.15) is 0 Å². The lowest BCUT2D eigenvalue weighted by molar-refractivity contribution is -0.116. The predicted molar refractivity (Wildman–Crippen MR) is 112 cm³/mol. The molecule has 0 saturated carbocycles. The summed E-state index contributed by atoms with van der Waals surface area (Å²) >= 11 is 0. The van der Waals surface area contributed by atoms with Crippen LogP contribution in [0.2, 0.25) is 0 Å². The Hall–Kier alpha value is -3.53. The molecular weight excluding hydrogens is 426 g/mol. The zero-order valence-electron chi connectivity index (χ0n) is 16.2. The number of anilines is 3. The SMILES string of the molecule is O=C(CNc1ccc(S(=O)(=O)Nc2ccc(F)c(F)c2)cn1)N1CCc2ccccc21. The molecule has 0 atom stereocenters. The molecule has 31 heavy (non-hydrogen) atoms. The van der Waals surface area contributed by atoms with E-state index < -0.39 is 21.7 Å². The first-order chi connectivity index (χ1) is 14.8. The molecule has 0 bridgehead atoms. The third-order valence-electron chi connectivity index (χ3n) is 4.83. The van der Waals surface area contributed by atoms with Crippen LogP contribution in [0, 0.1) is 11.6 Å². The summed E-state index contributed by atoms with van der Waals surface area (Å²) in [5, 5.41) is 2.89. The van der Waals surface area contributed by atoms with Crippen molar-refractivity contribution in [3.63, 3.8) is 0 Å². The number of para-hydroxylation sites is 1. The van der Waals surface area contributed by atoms with E-state index >= 15 is 0 Å². The predicted octanol–water partition coefficient (Wildman–Crippen LogP) is 3.16. The number of nitrogens with one attached hydrogen (secondary N) is 2. The highest BCUT2D eigenvalue weighted by Crippen LogP contribution is 2.27. The monoisotopic (exact) mass is 444 g/mol. The van der Waals surface area contributed by atoms with Gasteiger partial charge in [0.15, 0.2) is 11.6 Å². The number of sulfonamides is 1. The zero-order valence-corrected chi connectivity index (χ0v) is 17.0. The summed E-state index contributed by atoms with van der Waals surface area (Å²) in [4.78, 5) is 18.1. The van der Waals surface area contributed by atoms with Crippen LogP contribution >= 0.6 is 0 Å². The Kier molecular flexibility index (Phi) is 5.55. The van der Waals surface area contributed by atoms with E-state index in [0.717, 1.165) is 42.1 Å². The summed E-state index contributed by atoms with van der Waals surface area (Å²) < 4.78 is 53.3. The van der Waals surface area contributed by atoms with Gasteiger partial charge in [-0.3, -0.25) is 9.52 Å². The van der Waals surface area contributed by atoms with E-state index in [-0.39, 0.29) is 23.0 Å². The highest BCUT2D eigenvalue weighted by molar-refractivity contribution is 7.92. The largest absolute Gasteiger partial charge is 0.361 e. The standard InChI is InChI=1S/C21H18F2N4O3S/c22-17-7-5-15(11-18(17)23)26-31(29,30)16-6-8-20(24-12-16)25-13-21(28)27-10-9-14-3-1-2-4-19(14)27/h1-8,11-12,26H,9-10,13H2,(H,24,25). The van der Waals surface area contributed by atoms with Gasteiger partial charge in [0, 0.05) is 24.5 Å². The van der Waals surface area contributed by atoms with Crippen LogP contribution in [-0.4, -0.2) is 32.4 Å². The molecule has 1 aliphatic heterocycles. The van der Waals surface area contributed by atoms with Gasteiger partial charge in [0.1, 0.15) is 10.7 Å². The molecule has 1 amide bonds. The number of carbonyl (C=O) groups is 1. The summed E-state index contributed by atoms with van der Waals surface area (Å²) in [5.41, 5.74) is 1.90. The number of rotatable bonds is 6. The smallest absolute Gasteiger partial charge is 0.263 e. The van der Waals surface area contributed by atoms with E-state index in [1.165, 1.54) is 12.1 Å². The Balaban J connectivity index is 1.39. The maximum absolute atomic E-state index is 13.3. The van der Waals surface area contributed by atoms with Crippen molar-refractivity contribution in [3.05, 3.63) is 78.0 Å². The molecule has 10 heteroatoms. The second-order valence-electron chi connectivity index (χ2n) is 6.89. The lowest BCUT2D eigenvalue weighted by Crippen LogP contribution is -2.34. The van der Waals surface area contributed by atoms with Crippen LogP contribution in [0.15, 0.2) is 65.7 Å². The van der Waals surface area contributed by atoms with Gasteiger partial charge in [0.25, 0.3) is 10.0 Å². The maximum Gasteiger partial charge on any atom is 0.263 e. The van der Waals surface area contributed by atoms with E-state index in [2.05, 4.69) is 15.0 Å². The van der Waals surface area contributed by atoms with Crippen molar-refractivity contribution in [1.82, 2.24) is 4.98 Å². The summed E-state index contributed by atoms with van der Waals surface area (Å²) in [6.45, 7) is 0.612. The van der Waals surface area contributed by atoms with Gasteiger partial charge in [0.05, 0.1) is 12.2 Å². The molecule has 0 aliphatic carbocycles. The Morgan fingerprint density at radius 2 is 1.87 bits per heavy atom.